The van der Waals surface area contributed by atoms with Crippen LogP contribution in [0.15, 0.2) is 0 Å². The molecule has 1 amide bonds. The molecule has 0 aromatic carbocycles. The van der Waals surface area contributed by atoms with E-state index in [0.717, 1.165) is 12.8 Å². The van der Waals surface area contributed by atoms with Crippen LogP contribution in [-0.2, 0) is 9.59 Å². The van der Waals surface area contributed by atoms with Gasteiger partial charge in [0.1, 0.15) is 0 Å². The van der Waals surface area contributed by atoms with E-state index in [1.54, 1.807) is 0 Å². The van der Waals surface area contributed by atoms with Crippen LogP contribution < -0.4 is 16.8 Å². The summed E-state index contributed by atoms with van der Waals surface area (Å²) in [7, 11) is 3.04. The first-order chi connectivity index (χ1) is 9.56. The van der Waals surface area contributed by atoms with Gasteiger partial charge in [-0.2, -0.15) is 0 Å². The average molecular weight is 317 g/mol. The highest BCUT2D eigenvalue weighted by atomic mass is 33.1. The number of carbonyl (C=O) groups is 2. The van der Waals surface area contributed by atoms with Gasteiger partial charge in [0.25, 0.3) is 0 Å². The summed E-state index contributed by atoms with van der Waals surface area (Å²) in [4.78, 5) is 23.3. The molecule has 0 aliphatic heterocycles. The molecule has 0 bridgehead atoms. The third kappa shape index (κ3) is 6.03. The number of ketones is 1. The second kappa shape index (κ2) is 7.68. The van der Waals surface area contributed by atoms with Gasteiger partial charge in [-0.1, -0.05) is 21.6 Å². The zero-order chi connectivity index (χ0) is 14.5. The lowest BCUT2D eigenvalue weighted by molar-refractivity contribution is -0.122. The topological polar surface area (TPSA) is 98.2 Å². The predicted octanol–water partition coefficient (Wildman–Crippen LogP) is 0.670. The molecular weight excluding hydrogens is 294 g/mol. The molecule has 0 spiro atoms. The van der Waals surface area contributed by atoms with Gasteiger partial charge in [0, 0.05) is 24.0 Å². The number of hydrogen-bond acceptors (Lipinski definition) is 6. The minimum absolute atomic E-state index is 0.0743. The van der Waals surface area contributed by atoms with Gasteiger partial charge < -0.3 is 16.8 Å². The average Bonchev–Trinajstić information content (AvgIpc) is 3.29. The number of carbonyl (C=O) groups excluding carboxylic acids is 2. The Bertz CT molecular complexity index is 326. The molecule has 0 aromatic heterocycles. The van der Waals surface area contributed by atoms with E-state index in [4.69, 9.17) is 11.5 Å². The van der Waals surface area contributed by atoms with E-state index in [2.05, 4.69) is 5.32 Å². The van der Waals surface area contributed by atoms with Crippen LogP contribution in [-0.4, -0.2) is 41.3 Å². The van der Waals surface area contributed by atoms with E-state index < -0.39 is 6.04 Å². The number of amides is 1. The van der Waals surface area contributed by atoms with Crippen molar-refractivity contribution in [2.45, 2.75) is 50.2 Å². The Labute approximate surface area is 127 Å². The Kier molecular flexibility index (Phi) is 6.20. The Morgan fingerprint density at radius 1 is 1.05 bits per heavy atom. The summed E-state index contributed by atoms with van der Waals surface area (Å²) in [5.41, 5.74) is 11.6. The first-order valence-corrected chi connectivity index (χ1v) is 9.63. The van der Waals surface area contributed by atoms with Gasteiger partial charge in [-0.3, -0.25) is 9.59 Å². The van der Waals surface area contributed by atoms with Crippen LogP contribution in [0.5, 0.6) is 0 Å². The highest BCUT2D eigenvalue weighted by molar-refractivity contribution is 8.76. The Morgan fingerprint density at radius 2 is 1.65 bits per heavy atom. The Balaban J connectivity index is 1.50. The van der Waals surface area contributed by atoms with Crippen LogP contribution >= 0.6 is 21.6 Å². The Morgan fingerprint density at radius 3 is 2.20 bits per heavy atom. The van der Waals surface area contributed by atoms with E-state index in [0.29, 0.717) is 29.9 Å². The molecule has 5 nitrogen and oxygen atoms in total. The van der Waals surface area contributed by atoms with E-state index in [1.807, 2.05) is 0 Å². The predicted molar refractivity (Wildman–Crippen MR) is 84.4 cm³/mol. The van der Waals surface area contributed by atoms with Gasteiger partial charge in [0.15, 0.2) is 5.78 Å². The van der Waals surface area contributed by atoms with Crippen molar-refractivity contribution in [3.63, 3.8) is 0 Å². The van der Waals surface area contributed by atoms with Gasteiger partial charge in [-0.15, -0.1) is 0 Å². The van der Waals surface area contributed by atoms with Crippen molar-refractivity contribution in [2.75, 3.05) is 11.5 Å². The molecule has 2 aliphatic rings. The third-order valence-electron chi connectivity index (χ3n) is 3.44. The van der Waals surface area contributed by atoms with Crippen LogP contribution in [0.25, 0.3) is 0 Å². The molecule has 2 aliphatic carbocycles. The molecule has 0 aromatic rings. The quantitative estimate of drug-likeness (QED) is 0.405. The zero-order valence-corrected chi connectivity index (χ0v) is 13.2. The van der Waals surface area contributed by atoms with Crippen molar-refractivity contribution in [1.82, 2.24) is 5.32 Å². The highest BCUT2D eigenvalue weighted by Gasteiger charge is 2.27. The molecule has 114 valence electrons. The van der Waals surface area contributed by atoms with Crippen molar-refractivity contribution in [2.24, 2.45) is 17.4 Å². The molecule has 2 fully saturated rings. The van der Waals surface area contributed by atoms with Crippen LogP contribution in [0.4, 0.5) is 0 Å². The van der Waals surface area contributed by atoms with Crippen molar-refractivity contribution in [1.29, 1.82) is 0 Å². The number of hydrogen-bond donors (Lipinski definition) is 3. The van der Waals surface area contributed by atoms with Gasteiger partial charge in [0.05, 0.1) is 12.1 Å². The maximum absolute atomic E-state index is 11.7. The third-order valence-corrected chi connectivity index (χ3v) is 5.91. The number of nitrogens with one attached hydrogen (secondary N) is 1. The summed E-state index contributed by atoms with van der Waals surface area (Å²) < 4.78 is 0. The maximum atomic E-state index is 11.7. The lowest BCUT2D eigenvalue weighted by Gasteiger charge is -2.12. The van der Waals surface area contributed by atoms with Crippen LogP contribution in [0.1, 0.15) is 32.1 Å². The van der Waals surface area contributed by atoms with Crippen molar-refractivity contribution < 1.29 is 9.59 Å². The SMILES string of the molecule is N[C@@H](CSSC[C@H](N)C(=O)NC1CC1)C(=O)CC1CC1. The molecule has 0 heterocycles. The van der Waals surface area contributed by atoms with Gasteiger partial charge in [0.2, 0.25) is 5.91 Å². The first kappa shape index (κ1) is 16.1. The molecular formula is C13H23N3O2S2. The van der Waals surface area contributed by atoms with Gasteiger partial charge in [-0.05, 0) is 31.6 Å². The highest BCUT2D eigenvalue weighted by Crippen LogP contribution is 2.33. The van der Waals surface area contributed by atoms with Gasteiger partial charge >= 0.3 is 0 Å². The lowest BCUT2D eigenvalue weighted by atomic mass is 10.1. The minimum atomic E-state index is -0.480. The van der Waals surface area contributed by atoms with Crippen LogP contribution in [0, 0.1) is 5.92 Å². The number of Topliss-reactive ketones (excluding diaryl/α,β-unsaturated/α-hetero) is 1. The standard InChI is InChI=1S/C13H23N3O2S2/c14-10(12(17)5-8-1-2-8)6-19-20-7-11(15)13(18)16-9-3-4-9/h8-11H,1-7,14-15H2,(H,16,18)/t10-,11-/m0/s1. The molecule has 2 saturated carbocycles. The summed E-state index contributed by atoms with van der Waals surface area (Å²) in [5.74, 6) is 1.82. The van der Waals surface area contributed by atoms with Gasteiger partial charge in [-0.25, -0.2) is 0 Å². The van der Waals surface area contributed by atoms with Crippen molar-refractivity contribution in [3.8, 4) is 0 Å². The molecule has 0 saturated heterocycles. The fourth-order valence-corrected chi connectivity index (χ4v) is 3.99. The fraction of sp³-hybridized carbons (Fsp3) is 0.846. The maximum Gasteiger partial charge on any atom is 0.238 e. The van der Waals surface area contributed by atoms with E-state index in [-0.39, 0.29) is 17.7 Å². The van der Waals surface area contributed by atoms with Crippen LogP contribution in [0.3, 0.4) is 0 Å². The normalized spacial score (nSPS) is 21.3. The summed E-state index contributed by atoms with van der Waals surface area (Å²) in [5, 5.41) is 2.88. The lowest BCUT2D eigenvalue weighted by Crippen LogP contribution is -2.43. The molecule has 5 N–H and O–H groups in total. The summed E-state index contributed by atoms with van der Waals surface area (Å²) in [6, 6.07) is -0.518. The van der Waals surface area contributed by atoms with Crippen molar-refractivity contribution in [3.05, 3.63) is 0 Å². The molecule has 2 atom stereocenters. The Hall–Kier alpha value is -0.240. The zero-order valence-electron chi connectivity index (χ0n) is 11.5. The molecule has 7 heteroatoms. The molecule has 0 unspecified atom stereocenters. The van der Waals surface area contributed by atoms with Crippen molar-refractivity contribution >= 4 is 33.3 Å². The second-order valence-corrected chi connectivity index (χ2v) is 8.23. The molecule has 0 radical (unpaired) electrons. The smallest absolute Gasteiger partial charge is 0.238 e. The van der Waals surface area contributed by atoms with E-state index in [9.17, 15) is 9.59 Å². The molecule has 2 rings (SSSR count). The molecule has 20 heavy (non-hydrogen) atoms. The van der Waals surface area contributed by atoms with E-state index >= 15 is 0 Å². The summed E-state index contributed by atoms with van der Waals surface area (Å²) >= 11 is 0. The monoisotopic (exact) mass is 317 g/mol. The summed E-state index contributed by atoms with van der Waals surface area (Å²) in [6.45, 7) is 0. The van der Waals surface area contributed by atoms with Crippen LogP contribution in [0.2, 0.25) is 0 Å². The summed E-state index contributed by atoms with van der Waals surface area (Å²) in [6.07, 6.45) is 5.11. The number of rotatable bonds is 10. The largest absolute Gasteiger partial charge is 0.352 e. The first-order valence-electron chi connectivity index (χ1n) is 7.15. The second-order valence-electron chi connectivity index (χ2n) is 5.68. The fourth-order valence-electron chi connectivity index (χ4n) is 1.71. The van der Waals surface area contributed by atoms with E-state index in [1.165, 1.54) is 34.4 Å². The number of nitrogens with two attached hydrogens (primary N) is 2. The minimum Gasteiger partial charge on any atom is -0.352 e.